The zero-order valence-corrected chi connectivity index (χ0v) is 15.4. The summed E-state index contributed by atoms with van der Waals surface area (Å²) in [5, 5.41) is 5.97. The highest BCUT2D eigenvalue weighted by Crippen LogP contribution is 2.33. The molecule has 0 amide bonds. The van der Waals surface area contributed by atoms with Crippen molar-refractivity contribution in [3.8, 4) is 11.1 Å². The minimum atomic E-state index is 0.327. The second-order valence-electron chi connectivity index (χ2n) is 6.56. The number of anilines is 1. The average molecular weight is 367 g/mol. The van der Waals surface area contributed by atoms with E-state index in [9.17, 15) is 0 Å². The molecule has 3 heterocycles. The lowest BCUT2D eigenvalue weighted by molar-refractivity contribution is 0.532. The number of benzene rings is 1. The van der Waals surface area contributed by atoms with Crippen LogP contribution < -0.4 is 5.73 Å². The van der Waals surface area contributed by atoms with Crippen LogP contribution in [0.1, 0.15) is 25.5 Å². The summed E-state index contributed by atoms with van der Waals surface area (Å²) in [7, 11) is 0. The Morgan fingerprint density at radius 3 is 2.58 bits per heavy atom. The van der Waals surface area contributed by atoms with E-state index in [4.69, 9.17) is 17.3 Å². The molecule has 1 aromatic carbocycles. The van der Waals surface area contributed by atoms with Gasteiger partial charge in [-0.2, -0.15) is 5.10 Å². The first-order chi connectivity index (χ1) is 12.5. The Kier molecular flexibility index (Phi) is 4.12. The molecule has 0 bridgehead atoms. The number of hydrogen-bond donors (Lipinski definition) is 1. The molecule has 0 radical (unpaired) electrons. The highest BCUT2D eigenvalue weighted by Gasteiger charge is 2.15. The van der Waals surface area contributed by atoms with Crippen LogP contribution in [0.25, 0.3) is 22.2 Å². The summed E-state index contributed by atoms with van der Waals surface area (Å²) >= 11 is 6.03. The van der Waals surface area contributed by atoms with Crippen LogP contribution in [0, 0.1) is 0 Å². The van der Waals surface area contributed by atoms with E-state index in [0.29, 0.717) is 23.4 Å². The summed E-state index contributed by atoms with van der Waals surface area (Å²) in [6.07, 6.45) is 7.50. The van der Waals surface area contributed by atoms with Crippen LogP contribution >= 0.6 is 11.6 Å². The first-order valence-electron chi connectivity index (χ1n) is 8.41. The molecule has 3 aromatic heterocycles. The zero-order chi connectivity index (χ0) is 18.3. The van der Waals surface area contributed by atoms with Gasteiger partial charge < -0.3 is 10.3 Å². The van der Waals surface area contributed by atoms with E-state index in [1.165, 1.54) is 6.33 Å². The van der Waals surface area contributed by atoms with Crippen molar-refractivity contribution in [1.29, 1.82) is 0 Å². The first kappa shape index (κ1) is 16.6. The first-order valence-corrected chi connectivity index (χ1v) is 8.79. The molecule has 0 aliphatic rings. The van der Waals surface area contributed by atoms with Crippen molar-refractivity contribution < 1.29 is 0 Å². The van der Waals surface area contributed by atoms with Crippen molar-refractivity contribution in [2.45, 2.75) is 26.4 Å². The van der Waals surface area contributed by atoms with Gasteiger partial charge in [-0.05, 0) is 31.5 Å². The Labute approximate surface area is 156 Å². The molecule has 26 heavy (non-hydrogen) atoms. The monoisotopic (exact) mass is 366 g/mol. The van der Waals surface area contributed by atoms with E-state index in [2.05, 4.69) is 45.9 Å². The Bertz CT molecular complexity index is 1060. The lowest BCUT2D eigenvalue weighted by atomic mass is 10.1. The van der Waals surface area contributed by atoms with Gasteiger partial charge in [0.15, 0.2) is 0 Å². The number of halogens is 1. The minimum absolute atomic E-state index is 0.327. The van der Waals surface area contributed by atoms with Gasteiger partial charge in [-0.3, -0.25) is 4.68 Å². The van der Waals surface area contributed by atoms with E-state index in [-0.39, 0.29) is 0 Å². The van der Waals surface area contributed by atoms with Crippen molar-refractivity contribution in [3.63, 3.8) is 0 Å². The SMILES string of the molecule is CC(C)n1cc(Cn2cc(-c3ccc(Cl)cc3)c3c(N)ncnc32)cn1. The van der Waals surface area contributed by atoms with Gasteiger partial charge in [-0.15, -0.1) is 0 Å². The van der Waals surface area contributed by atoms with Crippen molar-refractivity contribution in [1.82, 2.24) is 24.3 Å². The number of nitrogen functional groups attached to an aromatic ring is 1. The summed E-state index contributed by atoms with van der Waals surface area (Å²) in [4.78, 5) is 8.63. The predicted octanol–water partition coefficient (Wildman–Crippen LogP) is 4.16. The molecule has 4 aromatic rings. The topological polar surface area (TPSA) is 74.5 Å². The summed E-state index contributed by atoms with van der Waals surface area (Å²) in [6.45, 7) is 4.87. The normalized spacial score (nSPS) is 11.5. The standard InChI is InChI=1S/C19H19ClN6/c1-12(2)26-9-13(7-24-26)8-25-10-16(14-3-5-15(20)6-4-14)17-18(21)22-11-23-19(17)25/h3-7,9-12H,8H2,1-2H3,(H2,21,22,23). The van der Waals surface area contributed by atoms with Crippen molar-refractivity contribution in [2.75, 3.05) is 5.73 Å². The van der Waals surface area contributed by atoms with Crippen LogP contribution in [0.3, 0.4) is 0 Å². The Morgan fingerprint density at radius 1 is 1.12 bits per heavy atom. The summed E-state index contributed by atoms with van der Waals surface area (Å²) in [6, 6.07) is 8.02. The number of nitrogens with zero attached hydrogens (tertiary/aromatic N) is 5. The van der Waals surface area contributed by atoms with Gasteiger partial charge in [0.25, 0.3) is 0 Å². The fraction of sp³-hybridized carbons (Fsp3) is 0.211. The Hall–Kier alpha value is -2.86. The fourth-order valence-corrected chi connectivity index (χ4v) is 3.18. The zero-order valence-electron chi connectivity index (χ0n) is 14.6. The summed E-state index contributed by atoms with van der Waals surface area (Å²) < 4.78 is 4.03. The summed E-state index contributed by atoms with van der Waals surface area (Å²) in [5.41, 5.74) is 10.1. The maximum Gasteiger partial charge on any atom is 0.146 e. The molecule has 132 valence electrons. The molecule has 0 saturated carbocycles. The van der Waals surface area contributed by atoms with Gasteiger partial charge >= 0.3 is 0 Å². The second kappa shape index (κ2) is 6.46. The molecular formula is C19H19ClN6. The molecule has 6 nitrogen and oxygen atoms in total. The van der Waals surface area contributed by atoms with E-state index in [0.717, 1.165) is 27.7 Å². The van der Waals surface area contributed by atoms with Crippen LogP contribution in [-0.2, 0) is 6.54 Å². The summed E-state index contributed by atoms with van der Waals surface area (Å²) in [5.74, 6) is 0.469. The maximum absolute atomic E-state index is 6.17. The maximum atomic E-state index is 6.17. The molecule has 0 fully saturated rings. The minimum Gasteiger partial charge on any atom is -0.383 e. The van der Waals surface area contributed by atoms with E-state index in [1.807, 2.05) is 35.1 Å². The van der Waals surface area contributed by atoms with E-state index < -0.39 is 0 Å². The van der Waals surface area contributed by atoms with Crippen LogP contribution in [0.5, 0.6) is 0 Å². The molecule has 7 heteroatoms. The molecule has 0 aliphatic heterocycles. The number of hydrogen-bond acceptors (Lipinski definition) is 4. The quantitative estimate of drug-likeness (QED) is 0.588. The van der Waals surface area contributed by atoms with Gasteiger partial charge in [0.05, 0.1) is 18.1 Å². The molecule has 0 atom stereocenters. The van der Waals surface area contributed by atoms with Gasteiger partial charge in [0.1, 0.15) is 17.8 Å². The average Bonchev–Trinajstić information content (AvgIpc) is 3.22. The fourth-order valence-electron chi connectivity index (χ4n) is 3.05. The molecule has 4 rings (SSSR count). The largest absolute Gasteiger partial charge is 0.383 e. The second-order valence-corrected chi connectivity index (χ2v) is 6.99. The lowest BCUT2D eigenvalue weighted by Crippen LogP contribution is -2.01. The van der Waals surface area contributed by atoms with Crippen LogP contribution in [-0.4, -0.2) is 24.3 Å². The van der Waals surface area contributed by atoms with Gasteiger partial charge in [-0.25, -0.2) is 9.97 Å². The van der Waals surface area contributed by atoms with Crippen LogP contribution in [0.4, 0.5) is 5.82 Å². The predicted molar refractivity (Wildman–Crippen MR) is 104 cm³/mol. The number of fused-ring (bicyclic) bond motifs is 1. The number of nitrogens with two attached hydrogens (primary N) is 1. The highest BCUT2D eigenvalue weighted by molar-refractivity contribution is 6.30. The lowest BCUT2D eigenvalue weighted by Gasteiger charge is -2.04. The van der Waals surface area contributed by atoms with Crippen molar-refractivity contribution in [3.05, 3.63) is 59.8 Å². The van der Waals surface area contributed by atoms with E-state index in [1.54, 1.807) is 0 Å². The smallest absolute Gasteiger partial charge is 0.146 e. The van der Waals surface area contributed by atoms with Gasteiger partial charge in [-0.1, -0.05) is 23.7 Å². The number of rotatable bonds is 4. The van der Waals surface area contributed by atoms with Crippen molar-refractivity contribution >= 4 is 28.5 Å². The van der Waals surface area contributed by atoms with Crippen LogP contribution in [0.2, 0.25) is 5.02 Å². The Balaban J connectivity index is 1.82. The number of aromatic nitrogens is 5. The molecule has 0 spiro atoms. The van der Waals surface area contributed by atoms with Gasteiger partial charge in [0.2, 0.25) is 0 Å². The van der Waals surface area contributed by atoms with Crippen molar-refractivity contribution in [2.24, 2.45) is 0 Å². The molecular weight excluding hydrogens is 348 g/mol. The third kappa shape index (κ3) is 2.93. The molecule has 0 saturated heterocycles. The van der Waals surface area contributed by atoms with Gasteiger partial charge in [0, 0.05) is 34.6 Å². The third-order valence-electron chi connectivity index (χ3n) is 4.38. The van der Waals surface area contributed by atoms with Crippen LogP contribution in [0.15, 0.2) is 49.2 Å². The molecule has 2 N–H and O–H groups in total. The van der Waals surface area contributed by atoms with E-state index >= 15 is 0 Å². The third-order valence-corrected chi connectivity index (χ3v) is 4.63. The molecule has 0 unspecified atom stereocenters. The molecule has 0 aliphatic carbocycles. The Morgan fingerprint density at radius 2 is 1.88 bits per heavy atom. The highest BCUT2D eigenvalue weighted by atomic mass is 35.5.